The summed E-state index contributed by atoms with van der Waals surface area (Å²) in [5, 5.41) is 1.09. The molecule has 4 N–H and O–H groups in total. The number of nitrogens with two attached hydrogens (primary N) is 2. The van der Waals surface area contributed by atoms with Crippen molar-refractivity contribution in [3.8, 4) is 0 Å². The predicted octanol–water partition coefficient (Wildman–Crippen LogP) is 1.29. The van der Waals surface area contributed by atoms with Gasteiger partial charge >= 0.3 is 0 Å². The molecule has 0 saturated carbocycles. The minimum absolute atomic E-state index is 0.0347. The third kappa shape index (κ3) is 2.68. The highest BCUT2D eigenvalue weighted by molar-refractivity contribution is 7.99. The van der Waals surface area contributed by atoms with E-state index in [1.165, 1.54) is 11.3 Å². The van der Waals surface area contributed by atoms with Crippen LogP contribution in [0.1, 0.15) is 16.1 Å². The van der Waals surface area contributed by atoms with E-state index in [2.05, 4.69) is 4.90 Å². The number of carbonyl (C=O) groups excluding carboxylic acids is 1. The van der Waals surface area contributed by atoms with Crippen molar-refractivity contribution < 1.29 is 4.79 Å². The number of amides is 1. The molecule has 0 spiro atoms. The summed E-state index contributed by atoms with van der Waals surface area (Å²) in [6.45, 7) is 1.77. The first-order valence-electron chi connectivity index (χ1n) is 6.14. The van der Waals surface area contributed by atoms with E-state index in [4.69, 9.17) is 11.5 Å². The Morgan fingerprint density at radius 3 is 2.68 bits per heavy atom. The molecule has 7 heteroatoms. The van der Waals surface area contributed by atoms with Crippen molar-refractivity contribution in [2.75, 3.05) is 44.1 Å². The van der Waals surface area contributed by atoms with Crippen LogP contribution in [0.25, 0.3) is 0 Å². The molecule has 0 aliphatic carbocycles. The zero-order valence-electron chi connectivity index (χ0n) is 11.5. The molecule has 2 heterocycles. The maximum atomic E-state index is 12.1. The number of rotatable bonds is 3. The molecule has 1 amide bonds. The summed E-state index contributed by atoms with van der Waals surface area (Å²) in [7, 11) is 3.48. The summed E-state index contributed by atoms with van der Waals surface area (Å²) in [4.78, 5) is 17.6. The van der Waals surface area contributed by atoms with Crippen molar-refractivity contribution in [3.63, 3.8) is 0 Å². The molecule has 1 atom stereocenters. The van der Waals surface area contributed by atoms with Gasteiger partial charge in [-0.25, -0.2) is 0 Å². The zero-order valence-corrected chi connectivity index (χ0v) is 13.1. The Labute approximate surface area is 121 Å². The standard InChI is InChI=1S/C12H20N4OS2/c1-15(2)11(17)9-8(14)10(18-3)12(19-9)16-5-4-7(13)6-16/h7H,4-6,13-14H2,1-3H3. The molecule has 1 unspecified atom stereocenters. The Hall–Kier alpha value is -0.920. The van der Waals surface area contributed by atoms with Gasteiger partial charge in [-0.15, -0.1) is 23.1 Å². The summed E-state index contributed by atoms with van der Waals surface area (Å²) in [6.07, 6.45) is 2.98. The maximum Gasteiger partial charge on any atom is 0.265 e. The lowest BCUT2D eigenvalue weighted by Crippen LogP contribution is -2.26. The minimum Gasteiger partial charge on any atom is -0.396 e. The van der Waals surface area contributed by atoms with Gasteiger partial charge in [-0.3, -0.25) is 4.79 Å². The molecule has 0 aromatic carbocycles. The predicted molar refractivity (Wildman–Crippen MR) is 83.3 cm³/mol. The molecule has 1 aliphatic heterocycles. The second kappa shape index (κ2) is 5.60. The van der Waals surface area contributed by atoms with Gasteiger partial charge in [0.15, 0.2) is 0 Å². The number of thiophene rings is 1. The van der Waals surface area contributed by atoms with E-state index in [9.17, 15) is 4.79 Å². The Morgan fingerprint density at radius 2 is 2.21 bits per heavy atom. The van der Waals surface area contributed by atoms with Crippen LogP contribution in [0.15, 0.2) is 4.90 Å². The second-order valence-corrected chi connectivity index (χ2v) is 6.69. The fourth-order valence-corrected chi connectivity index (χ4v) is 4.39. The van der Waals surface area contributed by atoms with Gasteiger partial charge in [-0.05, 0) is 12.7 Å². The second-order valence-electron chi connectivity index (χ2n) is 4.88. The molecule has 1 saturated heterocycles. The highest BCUT2D eigenvalue weighted by Crippen LogP contribution is 2.44. The number of hydrogen-bond donors (Lipinski definition) is 2. The van der Waals surface area contributed by atoms with Crippen LogP contribution in [-0.4, -0.2) is 50.3 Å². The van der Waals surface area contributed by atoms with Crippen LogP contribution in [0.3, 0.4) is 0 Å². The van der Waals surface area contributed by atoms with Gasteiger partial charge in [0.05, 0.1) is 10.6 Å². The van der Waals surface area contributed by atoms with Crippen molar-refractivity contribution in [2.24, 2.45) is 5.73 Å². The third-order valence-electron chi connectivity index (χ3n) is 3.20. The Balaban J connectivity index is 2.39. The van der Waals surface area contributed by atoms with Crippen LogP contribution in [-0.2, 0) is 0 Å². The fourth-order valence-electron chi connectivity index (χ4n) is 2.16. The molecule has 1 aliphatic rings. The zero-order chi connectivity index (χ0) is 14.2. The SMILES string of the molecule is CSc1c(N2CCC(N)C2)sc(C(=O)N(C)C)c1N. The van der Waals surface area contributed by atoms with Gasteiger partial charge in [-0.2, -0.15) is 0 Å². The lowest BCUT2D eigenvalue weighted by molar-refractivity contribution is 0.0833. The number of nitrogens with zero attached hydrogens (tertiary/aromatic N) is 2. The summed E-state index contributed by atoms with van der Waals surface area (Å²) in [6, 6.07) is 0.214. The van der Waals surface area contributed by atoms with Crippen molar-refractivity contribution in [3.05, 3.63) is 4.88 Å². The van der Waals surface area contributed by atoms with E-state index in [-0.39, 0.29) is 11.9 Å². The molecular formula is C12H20N4OS2. The van der Waals surface area contributed by atoms with Crippen molar-refractivity contribution >= 4 is 39.7 Å². The Kier molecular flexibility index (Phi) is 4.27. The van der Waals surface area contributed by atoms with Gasteiger partial charge in [0.2, 0.25) is 0 Å². The van der Waals surface area contributed by atoms with E-state index < -0.39 is 0 Å². The molecule has 19 heavy (non-hydrogen) atoms. The average Bonchev–Trinajstić information content (AvgIpc) is 2.92. The molecule has 0 bridgehead atoms. The molecule has 106 valence electrons. The van der Waals surface area contributed by atoms with E-state index in [0.717, 1.165) is 29.4 Å². The van der Waals surface area contributed by atoms with E-state index in [1.54, 1.807) is 30.8 Å². The van der Waals surface area contributed by atoms with Crippen LogP contribution in [0, 0.1) is 0 Å². The number of nitrogen functional groups attached to an aromatic ring is 1. The topological polar surface area (TPSA) is 75.6 Å². The van der Waals surface area contributed by atoms with Crippen LogP contribution in [0.4, 0.5) is 10.7 Å². The van der Waals surface area contributed by atoms with Gasteiger partial charge in [0.25, 0.3) is 5.91 Å². The van der Waals surface area contributed by atoms with E-state index >= 15 is 0 Å². The summed E-state index contributed by atoms with van der Waals surface area (Å²) < 4.78 is 0. The fraction of sp³-hybridized carbons (Fsp3) is 0.583. The molecule has 0 radical (unpaired) electrons. The molecular weight excluding hydrogens is 280 g/mol. The number of thioether (sulfide) groups is 1. The molecule has 5 nitrogen and oxygen atoms in total. The van der Waals surface area contributed by atoms with Gasteiger partial charge < -0.3 is 21.3 Å². The quantitative estimate of drug-likeness (QED) is 0.823. The highest BCUT2D eigenvalue weighted by atomic mass is 32.2. The van der Waals surface area contributed by atoms with Crippen LogP contribution < -0.4 is 16.4 Å². The number of anilines is 2. The van der Waals surface area contributed by atoms with Crippen molar-refractivity contribution in [2.45, 2.75) is 17.4 Å². The first kappa shape index (κ1) is 14.5. The van der Waals surface area contributed by atoms with Gasteiger partial charge in [0.1, 0.15) is 9.88 Å². The molecule has 1 aromatic rings. The smallest absolute Gasteiger partial charge is 0.265 e. The Bertz CT molecular complexity index is 486. The summed E-state index contributed by atoms with van der Waals surface area (Å²) >= 11 is 3.07. The van der Waals surface area contributed by atoms with Crippen LogP contribution in [0.5, 0.6) is 0 Å². The van der Waals surface area contributed by atoms with Crippen molar-refractivity contribution in [1.82, 2.24) is 4.90 Å². The minimum atomic E-state index is -0.0347. The van der Waals surface area contributed by atoms with E-state index in [0.29, 0.717) is 10.6 Å². The normalized spacial score (nSPS) is 18.9. The maximum absolute atomic E-state index is 12.1. The van der Waals surface area contributed by atoms with E-state index in [1.807, 2.05) is 6.26 Å². The summed E-state index contributed by atoms with van der Waals surface area (Å²) in [5.41, 5.74) is 12.7. The first-order chi connectivity index (χ1) is 8.95. The van der Waals surface area contributed by atoms with Gasteiger partial charge in [-0.1, -0.05) is 0 Å². The number of carbonyl (C=O) groups is 1. The monoisotopic (exact) mass is 300 g/mol. The lowest BCUT2D eigenvalue weighted by Gasteiger charge is -2.17. The third-order valence-corrected chi connectivity index (χ3v) is 5.40. The summed E-state index contributed by atoms with van der Waals surface area (Å²) in [5.74, 6) is -0.0347. The molecule has 1 fully saturated rings. The first-order valence-corrected chi connectivity index (χ1v) is 8.18. The lowest BCUT2D eigenvalue weighted by atomic mass is 10.3. The van der Waals surface area contributed by atoms with Gasteiger partial charge in [0, 0.05) is 33.2 Å². The largest absolute Gasteiger partial charge is 0.396 e. The van der Waals surface area contributed by atoms with Crippen LogP contribution in [0.2, 0.25) is 0 Å². The van der Waals surface area contributed by atoms with Crippen molar-refractivity contribution in [1.29, 1.82) is 0 Å². The highest BCUT2D eigenvalue weighted by Gasteiger charge is 2.28. The molecule has 1 aromatic heterocycles. The Morgan fingerprint density at radius 1 is 1.53 bits per heavy atom. The number of hydrogen-bond acceptors (Lipinski definition) is 6. The average molecular weight is 300 g/mol. The molecule has 2 rings (SSSR count). The van der Waals surface area contributed by atoms with Crippen LogP contribution >= 0.6 is 23.1 Å².